The van der Waals surface area contributed by atoms with Crippen LogP contribution in [0.5, 0.6) is 0 Å². The zero-order chi connectivity index (χ0) is 8.97. The van der Waals surface area contributed by atoms with Crippen LogP contribution in [0.4, 0.5) is 0 Å². The maximum atomic E-state index is 11.7. The lowest BCUT2D eigenvalue weighted by Crippen LogP contribution is -2.19. The molecule has 0 bridgehead atoms. The molecular weight excluding hydrogens is 148 g/mol. The standard InChI is InChI=1S/C11H20O/c1-3-6-9(2)11(12)10-7-4-5-8-10/h9-10H,3-8H2,1-2H3. The minimum Gasteiger partial charge on any atom is -0.299 e. The third-order valence-corrected chi connectivity index (χ3v) is 2.96. The number of Topliss-reactive ketones (excluding diaryl/α,β-unsaturated/α-hetero) is 1. The molecule has 1 fully saturated rings. The van der Waals surface area contributed by atoms with E-state index in [2.05, 4.69) is 13.8 Å². The monoisotopic (exact) mass is 168 g/mol. The van der Waals surface area contributed by atoms with Gasteiger partial charge in [0.05, 0.1) is 0 Å². The van der Waals surface area contributed by atoms with Crippen molar-refractivity contribution in [2.45, 2.75) is 52.4 Å². The normalized spacial score (nSPS) is 21.2. The van der Waals surface area contributed by atoms with Crippen LogP contribution < -0.4 is 0 Å². The molecule has 1 heteroatoms. The summed E-state index contributed by atoms with van der Waals surface area (Å²) in [6.45, 7) is 4.24. The second-order valence-electron chi connectivity index (χ2n) is 4.07. The highest BCUT2D eigenvalue weighted by atomic mass is 16.1. The van der Waals surface area contributed by atoms with Gasteiger partial charge in [0.2, 0.25) is 0 Å². The molecule has 1 rings (SSSR count). The van der Waals surface area contributed by atoms with E-state index in [1.165, 1.54) is 12.8 Å². The van der Waals surface area contributed by atoms with E-state index in [1.807, 2.05) is 0 Å². The van der Waals surface area contributed by atoms with Crippen LogP contribution in [-0.2, 0) is 4.79 Å². The first-order valence-electron chi connectivity index (χ1n) is 5.29. The van der Waals surface area contributed by atoms with E-state index in [9.17, 15) is 4.79 Å². The Balaban J connectivity index is 2.34. The highest BCUT2D eigenvalue weighted by molar-refractivity contribution is 5.83. The van der Waals surface area contributed by atoms with E-state index < -0.39 is 0 Å². The lowest BCUT2D eigenvalue weighted by atomic mass is 9.90. The number of rotatable bonds is 4. The first-order valence-corrected chi connectivity index (χ1v) is 5.29. The van der Waals surface area contributed by atoms with Crippen molar-refractivity contribution in [2.24, 2.45) is 11.8 Å². The Hall–Kier alpha value is -0.330. The highest BCUT2D eigenvalue weighted by Gasteiger charge is 2.25. The van der Waals surface area contributed by atoms with Gasteiger partial charge in [-0.2, -0.15) is 0 Å². The number of carbonyl (C=O) groups excluding carboxylic acids is 1. The molecule has 0 aromatic carbocycles. The third-order valence-electron chi connectivity index (χ3n) is 2.96. The predicted molar refractivity (Wildman–Crippen MR) is 51.0 cm³/mol. The second-order valence-corrected chi connectivity index (χ2v) is 4.07. The van der Waals surface area contributed by atoms with Gasteiger partial charge in [0.15, 0.2) is 0 Å². The van der Waals surface area contributed by atoms with Crippen LogP contribution in [0.3, 0.4) is 0 Å². The van der Waals surface area contributed by atoms with Gasteiger partial charge in [0.25, 0.3) is 0 Å². The Bertz CT molecular complexity index is 145. The molecule has 0 heterocycles. The summed E-state index contributed by atoms with van der Waals surface area (Å²) in [5, 5.41) is 0. The van der Waals surface area contributed by atoms with Gasteiger partial charge >= 0.3 is 0 Å². The molecule has 0 N–H and O–H groups in total. The van der Waals surface area contributed by atoms with E-state index >= 15 is 0 Å². The molecule has 1 nitrogen and oxygen atoms in total. The summed E-state index contributed by atoms with van der Waals surface area (Å²) in [5.41, 5.74) is 0. The van der Waals surface area contributed by atoms with Crippen LogP contribution in [-0.4, -0.2) is 5.78 Å². The Kier molecular flexibility index (Phi) is 3.77. The largest absolute Gasteiger partial charge is 0.299 e. The summed E-state index contributed by atoms with van der Waals surface area (Å²) < 4.78 is 0. The van der Waals surface area contributed by atoms with Crippen molar-refractivity contribution < 1.29 is 4.79 Å². The van der Waals surface area contributed by atoms with E-state index in [1.54, 1.807) is 0 Å². The van der Waals surface area contributed by atoms with Gasteiger partial charge in [-0.05, 0) is 19.3 Å². The summed E-state index contributed by atoms with van der Waals surface area (Å²) in [7, 11) is 0. The molecule has 1 atom stereocenters. The summed E-state index contributed by atoms with van der Waals surface area (Å²) in [5.74, 6) is 1.28. The van der Waals surface area contributed by atoms with Crippen molar-refractivity contribution in [1.82, 2.24) is 0 Å². The number of carbonyl (C=O) groups is 1. The highest BCUT2D eigenvalue weighted by Crippen LogP contribution is 2.28. The fourth-order valence-electron chi connectivity index (χ4n) is 2.19. The molecule has 0 amide bonds. The van der Waals surface area contributed by atoms with Crippen LogP contribution in [0.15, 0.2) is 0 Å². The van der Waals surface area contributed by atoms with Crippen molar-refractivity contribution >= 4 is 5.78 Å². The number of ketones is 1. The van der Waals surface area contributed by atoms with E-state index in [0.717, 1.165) is 25.7 Å². The molecule has 1 aliphatic carbocycles. The Morgan fingerprint density at radius 2 is 2.00 bits per heavy atom. The van der Waals surface area contributed by atoms with Gasteiger partial charge in [0.1, 0.15) is 5.78 Å². The summed E-state index contributed by atoms with van der Waals surface area (Å²) >= 11 is 0. The molecule has 0 spiro atoms. The van der Waals surface area contributed by atoms with E-state index in [-0.39, 0.29) is 0 Å². The van der Waals surface area contributed by atoms with Crippen molar-refractivity contribution in [3.05, 3.63) is 0 Å². The fraction of sp³-hybridized carbons (Fsp3) is 0.909. The predicted octanol–water partition coefficient (Wildman–Crippen LogP) is 3.18. The fourth-order valence-corrected chi connectivity index (χ4v) is 2.19. The smallest absolute Gasteiger partial charge is 0.138 e. The van der Waals surface area contributed by atoms with Crippen LogP contribution in [0.2, 0.25) is 0 Å². The molecule has 70 valence electrons. The van der Waals surface area contributed by atoms with E-state index in [0.29, 0.717) is 17.6 Å². The summed E-state index contributed by atoms with van der Waals surface area (Å²) in [6.07, 6.45) is 7.08. The molecule has 0 aromatic heterocycles. The second kappa shape index (κ2) is 4.64. The Morgan fingerprint density at radius 3 is 2.50 bits per heavy atom. The maximum absolute atomic E-state index is 11.7. The van der Waals surface area contributed by atoms with Crippen LogP contribution in [0.1, 0.15) is 52.4 Å². The average molecular weight is 168 g/mol. The maximum Gasteiger partial charge on any atom is 0.138 e. The molecule has 0 aliphatic heterocycles. The van der Waals surface area contributed by atoms with Crippen LogP contribution in [0.25, 0.3) is 0 Å². The lowest BCUT2D eigenvalue weighted by molar-refractivity contribution is -0.126. The quantitative estimate of drug-likeness (QED) is 0.630. The van der Waals surface area contributed by atoms with Gasteiger partial charge in [-0.3, -0.25) is 4.79 Å². The first-order chi connectivity index (χ1) is 5.75. The number of hydrogen-bond donors (Lipinski definition) is 0. The average Bonchev–Trinajstić information content (AvgIpc) is 2.55. The molecular formula is C11H20O. The van der Waals surface area contributed by atoms with Crippen molar-refractivity contribution in [2.75, 3.05) is 0 Å². The molecule has 1 aliphatic rings. The van der Waals surface area contributed by atoms with Crippen molar-refractivity contribution in [1.29, 1.82) is 0 Å². The zero-order valence-corrected chi connectivity index (χ0v) is 8.31. The first kappa shape index (κ1) is 9.76. The number of hydrogen-bond acceptors (Lipinski definition) is 1. The summed E-state index contributed by atoms with van der Waals surface area (Å²) in [4.78, 5) is 11.7. The zero-order valence-electron chi connectivity index (χ0n) is 8.31. The van der Waals surface area contributed by atoms with Crippen molar-refractivity contribution in [3.63, 3.8) is 0 Å². The minimum atomic E-state index is 0.318. The van der Waals surface area contributed by atoms with Crippen molar-refractivity contribution in [3.8, 4) is 0 Å². The Labute approximate surface area is 75.5 Å². The minimum absolute atomic E-state index is 0.318. The molecule has 1 unspecified atom stereocenters. The van der Waals surface area contributed by atoms with Gasteiger partial charge in [-0.1, -0.05) is 33.1 Å². The van der Waals surface area contributed by atoms with Gasteiger partial charge in [0, 0.05) is 11.8 Å². The Morgan fingerprint density at radius 1 is 1.42 bits per heavy atom. The molecule has 0 saturated heterocycles. The molecule has 0 radical (unpaired) electrons. The topological polar surface area (TPSA) is 17.1 Å². The van der Waals surface area contributed by atoms with Gasteiger partial charge in [-0.15, -0.1) is 0 Å². The van der Waals surface area contributed by atoms with E-state index in [4.69, 9.17) is 0 Å². The van der Waals surface area contributed by atoms with Gasteiger partial charge in [-0.25, -0.2) is 0 Å². The van der Waals surface area contributed by atoms with Gasteiger partial charge < -0.3 is 0 Å². The summed E-state index contributed by atoms with van der Waals surface area (Å²) in [6, 6.07) is 0. The molecule has 1 saturated carbocycles. The lowest BCUT2D eigenvalue weighted by Gasteiger charge is -2.13. The SMILES string of the molecule is CCCC(C)C(=O)C1CCCC1. The van der Waals surface area contributed by atoms with Crippen LogP contribution >= 0.6 is 0 Å². The molecule has 12 heavy (non-hydrogen) atoms. The molecule has 0 aromatic rings. The third kappa shape index (κ3) is 2.33. The van der Waals surface area contributed by atoms with Crippen LogP contribution in [0, 0.1) is 11.8 Å².